The zero-order chi connectivity index (χ0) is 23.2. The molecule has 4 aromatic rings. The zero-order valence-electron chi connectivity index (χ0n) is 19.0. The molecule has 0 spiro atoms. The van der Waals surface area contributed by atoms with Crippen molar-refractivity contribution in [3.05, 3.63) is 89.7 Å². The van der Waals surface area contributed by atoms with Crippen LogP contribution in [0.1, 0.15) is 23.6 Å². The number of hydrogen-bond donors (Lipinski definition) is 1. The standard InChI is InChI=1S/C26H27N5OS/c1-18-8-7-9-19(2)23(18)28-25(32)20(3)33-26-30-29-24(22-12-15-27-16-13-22)31(26)17-14-21-10-5-4-6-11-21/h4-13,15-16,20H,14,17H2,1-3H3,(H,28,32)/t20-/m0/s1. The summed E-state index contributed by atoms with van der Waals surface area (Å²) >= 11 is 1.42. The van der Waals surface area contributed by atoms with Gasteiger partial charge < -0.3 is 9.88 Å². The Hall–Kier alpha value is -3.45. The summed E-state index contributed by atoms with van der Waals surface area (Å²) in [6.45, 7) is 6.61. The van der Waals surface area contributed by atoms with Crippen LogP contribution in [0.2, 0.25) is 0 Å². The zero-order valence-corrected chi connectivity index (χ0v) is 19.8. The van der Waals surface area contributed by atoms with Gasteiger partial charge in [-0.1, -0.05) is 60.3 Å². The molecular formula is C26H27N5OS. The van der Waals surface area contributed by atoms with E-state index in [1.807, 2.05) is 69.3 Å². The molecule has 168 valence electrons. The lowest BCUT2D eigenvalue weighted by atomic mass is 10.1. The van der Waals surface area contributed by atoms with Crippen LogP contribution in [-0.2, 0) is 17.8 Å². The Balaban J connectivity index is 1.56. The highest BCUT2D eigenvalue weighted by atomic mass is 32.2. The Bertz CT molecular complexity index is 1200. The number of carbonyl (C=O) groups is 1. The third kappa shape index (κ3) is 5.49. The van der Waals surface area contributed by atoms with Gasteiger partial charge in [0.05, 0.1) is 5.25 Å². The Morgan fingerprint density at radius 1 is 0.970 bits per heavy atom. The minimum atomic E-state index is -0.339. The molecule has 0 saturated carbocycles. The van der Waals surface area contributed by atoms with Crippen LogP contribution in [0.5, 0.6) is 0 Å². The smallest absolute Gasteiger partial charge is 0.237 e. The molecule has 1 N–H and O–H groups in total. The first-order valence-corrected chi connectivity index (χ1v) is 11.8. The molecule has 2 heterocycles. The summed E-state index contributed by atoms with van der Waals surface area (Å²) in [5.41, 5.74) is 5.16. The summed E-state index contributed by atoms with van der Waals surface area (Å²) in [4.78, 5) is 17.1. The predicted molar refractivity (Wildman–Crippen MR) is 133 cm³/mol. The maximum absolute atomic E-state index is 13.0. The summed E-state index contributed by atoms with van der Waals surface area (Å²) in [6.07, 6.45) is 4.34. The highest BCUT2D eigenvalue weighted by Gasteiger charge is 2.22. The lowest BCUT2D eigenvalue weighted by Crippen LogP contribution is -2.24. The predicted octanol–water partition coefficient (Wildman–Crippen LogP) is 5.32. The Labute approximate surface area is 198 Å². The Morgan fingerprint density at radius 2 is 1.67 bits per heavy atom. The highest BCUT2D eigenvalue weighted by molar-refractivity contribution is 8.00. The van der Waals surface area contributed by atoms with Crippen LogP contribution in [0.4, 0.5) is 5.69 Å². The van der Waals surface area contributed by atoms with E-state index in [0.717, 1.165) is 39.8 Å². The van der Waals surface area contributed by atoms with Gasteiger partial charge in [-0.25, -0.2) is 0 Å². The molecule has 0 aliphatic carbocycles. The average Bonchev–Trinajstić information content (AvgIpc) is 3.23. The molecule has 0 radical (unpaired) electrons. The number of benzene rings is 2. The highest BCUT2D eigenvalue weighted by Crippen LogP contribution is 2.28. The normalized spacial score (nSPS) is 11.8. The van der Waals surface area contributed by atoms with Crippen molar-refractivity contribution in [3.63, 3.8) is 0 Å². The Kier molecular flexibility index (Phi) is 7.19. The van der Waals surface area contributed by atoms with Crippen molar-refractivity contribution in [1.29, 1.82) is 0 Å². The van der Waals surface area contributed by atoms with Gasteiger partial charge in [-0.05, 0) is 56.0 Å². The molecule has 0 saturated heterocycles. The topological polar surface area (TPSA) is 72.7 Å². The third-order valence-corrected chi connectivity index (χ3v) is 6.58. The third-order valence-electron chi connectivity index (χ3n) is 5.50. The second kappa shape index (κ2) is 10.4. The van der Waals surface area contributed by atoms with E-state index in [9.17, 15) is 4.79 Å². The second-order valence-corrected chi connectivity index (χ2v) is 9.25. The van der Waals surface area contributed by atoms with Crippen molar-refractivity contribution in [2.45, 2.75) is 44.1 Å². The van der Waals surface area contributed by atoms with E-state index in [0.29, 0.717) is 6.54 Å². The van der Waals surface area contributed by atoms with E-state index in [-0.39, 0.29) is 11.2 Å². The monoisotopic (exact) mass is 457 g/mol. The molecule has 2 aromatic heterocycles. The first kappa shape index (κ1) is 22.7. The number of para-hydroxylation sites is 1. The summed E-state index contributed by atoms with van der Waals surface area (Å²) in [6, 6.07) is 20.2. The van der Waals surface area contributed by atoms with Gasteiger partial charge in [0, 0.05) is 30.2 Å². The molecule has 0 unspecified atom stereocenters. The van der Waals surface area contributed by atoms with Gasteiger partial charge in [-0.2, -0.15) is 0 Å². The van der Waals surface area contributed by atoms with E-state index in [1.165, 1.54) is 17.3 Å². The maximum atomic E-state index is 13.0. The molecule has 7 heteroatoms. The van der Waals surface area contributed by atoms with Crippen LogP contribution in [0.25, 0.3) is 11.4 Å². The number of carbonyl (C=O) groups excluding carboxylic acids is 1. The number of aryl methyl sites for hydroxylation is 3. The van der Waals surface area contributed by atoms with E-state index in [4.69, 9.17) is 0 Å². The quantitative estimate of drug-likeness (QED) is 0.363. The summed E-state index contributed by atoms with van der Waals surface area (Å²) in [7, 11) is 0. The van der Waals surface area contributed by atoms with E-state index < -0.39 is 0 Å². The van der Waals surface area contributed by atoms with Gasteiger partial charge in [0.15, 0.2) is 11.0 Å². The van der Waals surface area contributed by atoms with Crippen LogP contribution >= 0.6 is 11.8 Å². The molecule has 0 aliphatic heterocycles. The van der Waals surface area contributed by atoms with Crippen LogP contribution in [0.15, 0.2) is 78.2 Å². The van der Waals surface area contributed by atoms with Crippen LogP contribution in [-0.4, -0.2) is 30.9 Å². The van der Waals surface area contributed by atoms with Gasteiger partial charge in [0.1, 0.15) is 0 Å². The Morgan fingerprint density at radius 3 is 2.36 bits per heavy atom. The first-order valence-electron chi connectivity index (χ1n) is 10.9. The summed E-state index contributed by atoms with van der Waals surface area (Å²) in [5, 5.41) is 12.4. The van der Waals surface area contributed by atoms with E-state index in [1.54, 1.807) is 12.4 Å². The molecule has 33 heavy (non-hydrogen) atoms. The average molecular weight is 458 g/mol. The van der Waals surface area contributed by atoms with Crippen LogP contribution in [0.3, 0.4) is 0 Å². The molecule has 6 nitrogen and oxygen atoms in total. The largest absolute Gasteiger partial charge is 0.325 e. The molecule has 1 atom stereocenters. The molecule has 0 aliphatic rings. The van der Waals surface area contributed by atoms with E-state index >= 15 is 0 Å². The fraction of sp³-hybridized carbons (Fsp3) is 0.231. The number of hydrogen-bond acceptors (Lipinski definition) is 5. The van der Waals surface area contributed by atoms with Crippen LogP contribution in [0, 0.1) is 13.8 Å². The maximum Gasteiger partial charge on any atom is 0.237 e. The minimum Gasteiger partial charge on any atom is -0.325 e. The number of anilines is 1. The van der Waals surface area contributed by atoms with Gasteiger partial charge in [-0.3, -0.25) is 9.78 Å². The minimum absolute atomic E-state index is 0.0551. The van der Waals surface area contributed by atoms with Crippen molar-refractivity contribution in [2.75, 3.05) is 5.32 Å². The van der Waals surface area contributed by atoms with Crippen molar-refractivity contribution in [2.24, 2.45) is 0 Å². The fourth-order valence-electron chi connectivity index (χ4n) is 3.63. The number of pyridine rings is 1. The molecule has 1 amide bonds. The number of nitrogens with one attached hydrogen (secondary N) is 1. The number of amides is 1. The van der Waals surface area contributed by atoms with E-state index in [2.05, 4.69) is 37.2 Å². The first-order chi connectivity index (χ1) is 16.0. The molecular weight excluding hydrogens is 430 g/mol. The van der Waals surface area contributed by atoms with Gasteiger partial charge >= 0.3 is 0 Å². The van der Waals surface area contributed by atoms with Gasteiger partial charge in [-0.15, -0.1) is 10.2 Å². The van der Waals surface area contributed by atoms with Gasteiger partial charge in [0.25, 0.3) is 0 Å². The van der Waals surface area contributed by atoms with Gasteiger partial charge in [0.2, 0.25) is 5.91 Å². The number of aromatic nitrogens is 4. The molecule has 0 fully saturated rings. The number of thioether (sulfide) groups is 1. The molecule has 4 rings (SSSR count). The lowest BCUT2D eigenvalue weighted by molar-refractivity contribution is -0.115. The summed E-state index contributed by atoms with van der Waals surface area (Å²) < 4.78 is 2.09. The SMILES string of the molecule is Cc1cccc(C)c1NC(=O)[C@H](C)Sc1nnc(-c2ccncc2)n1CCc1ccccc1. The number of nitrogens with zero attached hydrogens (tertiary/aromatic N) is 4. The molecule has 0 bridgehead atoms. The molecule has 2 aromatic carbocycles. The van der Waals surface area contributed by atoms with Crippen molar-refractivity contribution >= 4 is 23.4 Å². The lowest BCUT2D eigenvalue weighted by Gasteiger charge is -2.16. The van der Waals surface area contributed by atoms with Crippen molar-refractivity contribution in [3.8, 4) is 11.4 Å². The van der Waals surface area contributed by atoms with Crippen molar-refractivity contribution < 1.29 is 4.79 Å². The number of rotatable bonds is 8. The second-order valence-electron chi connectivity index (χ2n) is 7.95. The van der Waals surface area contributed by atoms with Crippen molar-refractivity contribution in [1.82, 2.24) is 19.7 Å². The summed E-state index contributed by atoms with van der Waals surface area (Å²) in [5.74, 6) is 0.721. The fourth-order valence-corrected chi connectivity index (χ4v) is 4.50. The van der Waals surface area contributed by atoms with Crippen LogP contribution < -0.4 is 5.32 Å².